The minimum Gasteiger partial charge on any atom is -0.319 e. The van der Waals surface area contributed by atoms with E-state index in [4.69, 9.17) is 11.6 Å². The number of amides is 1. The van der Waals surface area contributed by atoms with Crippen LogP contribution in [0.3, 0.4) is 0 Å². The van der Waals surface area contributed by atoms with Crippen LogP contribution in [0.5, 0.6) is 0 Å². The number of nitrogens with one attached hydrogen (secondary N) is 1. The quantitative estimate of drug-likeness (QED) is 0.442. The van der Waals surface area contributed by atoms with E-state index in [-0.39, 0.29) is 5.91 Å². The van der Waals surface area contributed by atoms with Crippen LogP contribution in [-0.4, -0.2) is 30.5 Å². The minimum atomic E-state index is -0.195. The third-order valence-corrected chi connectivity index (χ3v) is 5.37. The highest BCUT2D eigenvalue weighted by Gasteiger charge is 2.19. The van der Waals surface area contributed by atoms with Crippen molar-refractivity contribution >= 4 is 34.2 Å². The molecule has 0 unspecified atom stereocenters. The smallest absolute Gasteiger partial charge is 0.256 e. The first-order valence-electron chi connectivity index (χ1n) is 10.4. The second-order valence-electron chi connectivity index (χ2n) is 7.68. The van der Waals surface area contributed by atoms with Crippen LogP contribution >= 0.6 is 11.6 Å². The normalized spacial score (nSPS) is 11.2. The molecule has 3 aromatic heterocycles. The first-order chi connectivity index (χ1) is 14.9. The van der Waals surface area contributed by atoms with Gasteiger partial charge in [0.25, 0.3) is 5.91 Å². The zero-order valence-corrected chi connectivity index (χ0v) is 18.6. The van der Waals surface area contributed by atoms with Gasteiger partial charge in [0, 0.05) is 23.5 Å². The van der Waals surface area contributed by atoms with Crippen molar-refractivity contribution in [2.75, 3.05) is 5.32 Å². The number of anilines is 1. The van der Waals surface area contributed by atoms with Crippen molar-refractivity contribution in [3.05, 3.63) is 70.3 Å². The molecular weight excluding hydrogens is 412 g/mol. The Morgan fingerprint density at radius 2 is 1.97 bits per heavy atom. The van der Waals surface area contributed by atoms with Gasteiger partial charge in [0.1, 0.15) is 0 Å². The van der Waals surface area contributed by atoms with Gasteiger partial charge in [0.05, 0.1) is 35.1 Å². The average Bonchev–Trinajstić information content (AvgIpc) is 3.31. The number of unbranched alkanes of at least 4 members (excludes halogenated alkanes) is 1. The standard InChI is InChI=1S/C23H25ClN6O/c1-4-5-10-30-22-21(16(3)28-30)20(11-15(2)26-22)23(31)27-19-12-25-29(14-19)13-17-6-8-18(24)9-7-17/h6-9,11-12,14H,4-5,10,13H2,1-3H3,(H,27,31). The fourth-order valence-corrected chi connectivity index (χ4v) is 3.74. The highest BCUT2D eigenvalue weighted by molar-refractivity contribution is 6.30. The molecule has 31 heavy (non-hydrogen) atoms. The largest absolute Gasteiger partial charge is 0.319 e. The van der Waals surface area contributed by atoms with Crippen molar-refractivity contribution in [2.45, 2.75) is 46.7 Å². The molecule has 0 saturated carbocycles. The lowest BCUT2D eigenvalue weighted by Gasteiger charge is -2.07. The number of aryl methyl sites for hydroxylation is 3. The summed E-state index contributed by atoms with van der Waals surface area (Å²) in [4.78, 5) is 17.8. The Morgan fingerprint density at radius 3 is 2.71 bits per heavy atom. The van der Waals surface area contributed by atoms with Gasteiger partial charge in [-0.05, 0) is 44.0 Å². The van der Waals surface area contributed by atoms with Crippen molar-refractivity contribution in [2.24, 2.45) is 0 Å². The van der Waals surface area contributed by atoms with Crippen molar-refractivity contribution in [3.8, 4) is 0 Å². The summed E-state index contributed by atoms with van der Waals surface area (Å²) in [7, 11) is 0. The number of rotatable bonds is 7. The maximum absolute atomic E-state index is 13.1. The lowest BCUT2D eigenvalue weighted by Crippen LogP contribution is -2.13. The molecule has 8 heteroatoms. The van der Waals surface area contributed by atoms with E-state index in [1.807, 2.05) is 55.1 Å². The van der Waals surface area contributed by atoms with Gasteiger partial charge in [-0.1, -0.05) is 37.1 Å². The fraction of sp³-hybridized carbons (Fsp3) is 0.304. The number of halogens is 1. The molecule has 160 valence electrons. The Hall–Kier alpha value is -3.19. The number of hydrogen-bond acceptors (Lipinski definition) is 4. The van der Waals surface area contributed by atoms with Crippen LogP contribution in [0.1, 0.15) is 47.1 Å². The lowest BCUT2D eigenvalue weighted by atomic mass is 10.1. The van der Waals surface area contributed by atoms with Crippen molar-refractivity contribution in [3.63, 3.8) is 0 Å². The molecule has 0 bridgehead atoms. The Morgan fingerprint density at radius 1 is 1.19 bits per heavy atom. The Labute approximate surface area is 186 Å². The number of fused-ring (bicyclic) bond motifs is 1. The molecule has 0 saturated heterocycles. The molecule has 1 aromatic carbocycles. The summed E-state index contributed by atoms with van der Waals surface area (Å²) >= 11 is 5.94. The molecule has 7 nitrogen and oxygen atoms in total. The van der Waals surface area contributed by atoms with E-state index in [0.717, 1.165) is 47.4 Å². The number of pyridine rings is 1. The first-order valence-corrected chi connectivity index (χ1v) is 10.8. The number of hydrogen-bond donors (Lipinski definition) is 1. The maximum Gasteiger partial charge on any atom is 0.256 e. The van der Waals surface area contributed by atoms with Crippen molar-refractivity contribution in [1.82, 2.24) is 24.5 Å². The molecule has 3 heterocycles. The molecule has 0 aliphatic carbocycles. The van der Waals surface area contributed by atoms with Crippen LogP contribution in [0.15, 0.2) is 42.7 Å². The molecule has 0 aliphatic rings. The summed E-state index contributed by atoms with van der Waals surface area (Å²) in [6.45, 7) is 7.34. The zero-order chi connectivity index (χ0) is 22.0. The molecule has 0 fully saturated rings. The van der Waals surface area contributed by atoms with Crippen LogP contribution in [0.2, 0.25) is 5.02 Å². The molecule has 1 N–H and O–H groups in total. The molecule has 0 aliphatic heterocycles. The number of nitrogens with zero attached hydrogens (tertiary/aromatic N) is 5. The fourth-order valence-electron chi connectivity index (χ4n) is 3.61. The van der Waals surface area contributed by atoms with Gasteiger partial charge in [0.15, 0.2) is 5.65 Å². The van der Waals surface area contributed by atoms with E-state index in [2.05, 4.69) is 27.4 Å². The Bertz CT molecular complexity index is 1230. The topological polar surface area (TPSA) is 77.6 Å². The minimum absolute atomic E-state index is 0.195. The van der Waals surface area contributed by atoms with E-state index in [1.165, 1.54) is 0 Å². The third-order valence-electron chi connectivity index (χ3n) is 5.12. The molecule has 4 rings (SSSR count). The van der Waals surface area contributed by atoms with Crippen molar-refractivity contribution in [1.29, 1.82) is 0 Å². The van der Waals surface area contributed by atoms with E-state index in [0.29, 0.717) is 22.8 Å². The van der Waals surface area contributed by atoms with Gasteiger partial charge < -0.3 is 5.32 Å². The summed E-state index contributed by atoms with van der Waals surface area (Å²) in [5.41, 5.74) is 4.64. The predicted octanol–water partition coefficient (Wildman–Crippen LogP) is 5.00. The molecule has 0 spiro atoms. The molecule has 1 amide bonds. The number of aromatic nitrogens is 5. The highest BCUT2D eigenvalue weighted by atomic mass is 35.5. The van der Waals surface area contributed by atoms with Gasteiger partial charge >= 0.3 is 0 Å². The summed E-state index contributed by atoms with van der Waals surface area (Å²) in [5, 5.41) is 13.4. The zero-order valence-electron chi connectivity index (χ0n) is 17.9. The van der Waals surface area contributed by atoms with Crippen LogP contribution in [0, 0.1) is 13.8 Å². The summed E-state index contributed by atoms with van der Waals surface area (Å²) in [5.74, 6) is -0.195. The maximum atomic E-state index is 13.1. The lowest BCUT2D eigenvalue weighted by molar-refractivity contribution is 0.102. The summed E-state index contributed by atoms with van der Waals surface area (Å²) in [6.07, 6.45) is 5.55. The Kier molecular flexibility index (Phi) is 6.04. The second kappa shape index (κ2) is 8.89. The summed E-state index contributed by atoms with van der Waals surface area (Å²) in [6, 6.07) is 9.43. The van der Waals surface area contributed by atoms with E-state index in [1.54, 1.807) is 10.9 Å². The molecule has 0 radical (unpaired) electrons. The number of benzene rings is 1. The number of carbonyl (C=O) groups is 1. The molecular formula is C23H25ClN6O. The molecule has 0 atom stereocenters. The van der Waals surface area contributed by atoms with Crippen LogP contribution in [-0.2, 0) is 13.1 Å². The third kappa shape index (κ3) is 4.61. The van der Waals surface area contributed by atoms with Gasteiger partial charge in [0.2, 0.25) is 0 Å². The van der Waals surface area contributed by atoms with E-state index < -0.39 is 0 Å². The summed E-state index contributed by atoms with van der Waals surface area (Å²) < 4.78 is 3.68. The van der Waals surface area contributed by atoms with E-state index in [9.17, 15) is 4.79 Å². The van der Waals surface area contributed by atoms with Gasteiger partial charge in [-0.2, -0.15) is 10.2 Å². The van der Waals surface area contributed by atoms with Gasteiger partial charge in [-0.15, -0.1) is 0 Å². The van der Waals surface area contributed by atoms with E-state index >= 15 is 0 Å². The predicted molar refractivity (Wildman–Crippen MR) is 123 cm³/mol. The van der Waals surface area contributed by atoms with Crippen LogP contribution in [0.25, 0.3) is 11.0 Å². The van der Waals surface area contributed by atoms with Crippen LogP contribution in [0.4, 0.5) is 5.69 Å². The van der Waals surface area contributed by atoms with Crippen LogP contribution < -0.4 is 5.32 Å². The molecule has 4 aromatic rings. The highest BCUT2D eigenvalue weighted by Crippen LogP contribution is 2.24. The average molecular weight is 437 g/mol. The van der Waals surface area contributed by atoms with Gasteiger partial charge in [-0.25, -0.2) is 9.67 Å². The van der Waals surface area contributed by atoms with Crippen molar-refractivity contribution < 1.29 is 4.79 Å². The number of carbonyl (C=O) groups excluding carboxylic acids is 1. The Balaban J connectivity index is 1.57. The SMILES string of the molecule is CCCCn1nc(C)c2c(C(=O)Nc3cnn(Cc4ccc(Cl)cc4)c3)cc(C)nc21. The van der Waals surface area contributed by atoms with Gasteiger partial charge in [-0.3, -0.25) is 9.48 Å². The first kappa shape index (κ1) is 21.1. The monoisotopic (exact) mass is 436 g/mol. The second-order valence-corrected chi connectivity index (χ2v) is 8.12.